The maximum atomic E-state index is 14.1. The highest BCUT2D eigenvalue weighted by Gasteiger charge is 2.60. The second kappa shape index (κ2) is 5.18. The number of halogens is 1. The van der Waals surface area contributed by atoms with E-state index in [1.54, 1.807) is 32.0 Å². The molecule has 0 bridgehead atoms. The number of Topliss-reactive ketones (excluding diaryl/α,β-unsaturated/α-hetero) is 1. The van der Waals surface area contributed by atoms with Gasteiger partial charge in [0, 0.05) is 5.56 Å². The van der Waals surface area contributed by atoms with E-state index < -0.39 is 28.7 Å². The van der Waals surface area contributed by atoms with E-state index in [2.05, 4.69) is 0 Å². The van der Waals surface area contributed by atoms with Crippen LogP contribution in [0.1, 0.15) is 57.6 Å². The average Bonchev–Trinajstić information content (AvgIpc) is 2.52. The highest BCUT2D eigenvalue weighted by molar-refractivity contribution is 6.08. The molecule has 0 N–H and O–H groups in total. The number of ketones is 1. The summed E-state index contributed by atoms with van der Waals surface area (Å²) in [5.74, 6) is -1.00. The van der Waals surface area contributed by atoms with Gasteiger partial charge in [0.2, 0.25) is 0 Å². The number of rotatable bonds is 1. The lowest BCUT2D eigenvalue weighted by molar-refractivity contribution is -0.192. The summed E-state index contributed by atoms with van der Waals surface area (Å²) >= 11 is 0. The topological polar surface area (TPSA) is 43.4 Å². The predicted molar refractivity (Wildman–Crippen MR) is 79.5 cm³/mol. The molecule has 0 aromatic heterocycles. The molecule has 1 saturated heterocycles. The van der Waals surface area contributed by atoms with Crippen molar-refractivity contribution in [3.8, 4) is 0 Å². The molecule has 1 atom stereocenters. The van der Waals surface area contributed by atoms with Crippen molar-refractivity contribution in [2.45, 2.75) is 52.1 Å². The first-order valence-corrected chi connectivity index (χ1v) is 7.90. The summed E-state index contributed by atoms with van der Waals surface area (Å²) in [5.41, 5.74) is -1.66. The standard InChI is InChI=1S/C18H21FO3/c1-17(2)14(12-8-4-5-9-13(12)19)22-16(21)18(15(17)20)10-6-3-7-11-18/h4-5,8-9,14H,3,6-7,10-11H2,1-2H3/t14-/m0/s1. The third-order valence-electron chi connectivity index (χ3n) is 5.19. The lowest BCUT2D eigenvalue weighted by Gasteiger charge is -2.47. The van der Waals surface area contributed by atoms with E-state index in [0.29, 0.717) is 12.8 Å². The Bertz CT molecular complexity index is 615. The van der Waals surface area contributed by atoms with Gasteiger partial charge in [-0.05, 0) is 32.8 Å². The van der Waals surface area contributed by atoms with E-state index in [-0.39, 0.29) is 11.3 Å². The molecule has 3 nitrogen and oxygen atoms in total. The Morgan fingerprint density at radius 2 is 1.73 bits per heavy atom. The number of hydrogen-bond donors (Lipinski definition) is 0. The molecule has 0 unspecified atom stereocenters. The molecular formula is C18H21FO3. The Morgan fingerprint density at radius 1 is 1.09 bits per heavy atom. The molecule has 118 valence electrons. The lowest BCUT2D eigenvalue weighted by Crippen LogP contribution is -2.55. The molecular weight excluding hydrogens is 283 g/mol. The molecule has 1 saturated carbocycles. The lowest BCUT2D eigenvalue weighted by atomic mass is 9.60. The van der Waals surface area contributed by atoms with Crippen LogP contribution in [0.15, 0.2) is 24.3 Å². The van der Waals surface area contributed by atoms with Gasteiger partial charge in [-0.1, -0.05) is 37.5 Å². The number of carbonyl (C=O) groups is 2. The van der Waals surface area contributed by atoms with E-state index in [0.717, 1.165) is 19.3 Å². The van der Waals surface area contributed by atoms with Crippen molar-refractivity contribution >= 4 is 11.8 Å². The van der Waals surface area contributed by atoms with Crippen LogP contribution in [-0.4, -0.2) is 11.8 Å². The fourth-order valence-corrected chi connectivity index (χ4v) is 3.92. The van der Waals surface area contributed by atoms with Crippen LogP contribution in [0, 0.1) is 16.6 Å². The van der Waals surface area contributed by atoms with Crippen LogP contribution in [0.25, 0.3) is 0 Å². The normalized spacial score (nSPS) is 26.8. The van der Waals surface area contributed by atoms with Crippen LogP contribution >= 0.6 is 0 Å². The van der Waals surface area contributed by atoms with Crippen molar-refractivity contribution in [2.24, 2.45) is 10.8 Å². The van der Waals surface area contributed by atoms with Gasteiger partial charge in [0.15, 0.2) is 5.78 Å². The van der Waals surface area contributed by atoms with E-state index >= 15 is 0 Å². The molecule has 4 heteroatoms. The van der Waals surface area contributed by atoms with E-state index in [1.807, 2.05) is 0 Å². The highest BCUT2D eigenvalue weighted by atomic mass is 19.1. The van der Waals surface area contributed by atoms with Gasteiger partial charge >= 0.3 is 5.97 Å². The minimum absolute atomic E-state index is 0.0933. The zero-order valence-corrected chi connectivity index (χ0v) is 13.0. The Balaban J connectivity index is 2.02. The molecule has 1 aliphatic heterocycles. The van der Waals surface area contributed by atoms with Crippen molar-refractivity contribution in [1.29, 1.82) is 0 Å². The summed E-state index contributed by atoms with van der Waals surface area (Å²) in [4.78, 5) is 25.7. The first-order valence-electron chi connectivity index (χ1n) is 7.90. The van der Waals surface area contributed by atoms with Crippen molar-refractivity contribution in [2.75, 3.05) is 0 Å². The van der Waals surface area contributed by atoms with E-state index in [4.69, 9.17) is 4.74 Å². The maximum absolute atomic E-state index is 14.1. The first-order chi connectivity index (χ1) is 10.4. The van der Waals surface area contributed by atoms with Crippen molar-refractivity contribution in [3.63, 3.8) is 0 Å². The van der Waals surface area contributed by atoms with Gasteiger partial charge in [0.1, 0.15) is 17.3 Å². The molecule has 1 aromatic carbocycles. The Morgan fingerprint density at radius 3 is 2.36 bits per heavy atom. The Labute approximate surface area is 129 Å². The van der Waals surface area contributed by atoms with Gasteiger partial charge < -0.3 is 4.74 Å². The molecule has 2 aliphatic rings. The second-order valence-corrected chi connectivity index (χ2v) is 7.00. The highest BCUT2D eigenvalue weighted by Crippen LogP contribution is 2.53. The third-order valence-corrected chi connectivity index (χ3v) is 5.19. The predicted octanol–water partition coefficient (Wildman–Crippen LogP) is 3.97. The van der Waals surface area contributed by atoms with Crippen molar-refractivity contribution < 1.29 is 18.7 Å². The van der Waals surface area contributed by atoms with Crippen LogP contribution in [0.2, 0.25) is 0 Å². The van der Waals surface area contributed by atoms with E-state index in [1.165, 1.54) is 6.07 Å². The maximum Gasteiger partial charge on any atom is 0.320 e. The second-order valence-electron chi connectivity index (χ2n) is 7.00. The van der Waals surface area contributed by atoms with Gasteiger partial charge in [-0.15, -0.1) is 0 Å². The summed E-state index contributed by atoms with van der Waals surface area (Å²) < 4.78 is 19.7. The molecule has 1 heterocycles. The fraction of sp³-hybridized carbons (Fsp3) is 0.556. The SMILES string of the molecule is CC1(C)C(=O)C2(CCCCC2)C(=O)O[C@H]1c1ccccc1F. The van der Waals surface area contributed by atoms with Crippen molar-refractivity contribution in [1.82, 2.24) is 0 Å². The largest absolute Gasteiger partial charge is 0.456 e. The summed E-state index contributed by atoms with van der Waals surface area (Å²) in [5, 5.41) is 0. The third kappa shape index (κ3) is 2.08. The summed E-state index contributed by atoms with van der Waals surface area (Å²) in [6.07, 6.45) is 3.01. The van der Waals surface area contributed by atoms with Crippen LogP contribution in [0.4, 0.5) is 4.39 Å². The van der Waals surface area contributed by atoms with Gasteiger partial charge in [-0.3, -0.25) is 9.59 Å². The first kappa shape index (κ1) is 15.2. The fourth-order valence-electron chi connectivity index (χ4n) is 3.92. The number of hydrogen-bond acceptors (Lipinski definition) is 3. The molecule has 22 heavy (non-hydrogen) atoms. The molecule has 1 spiro atoms. The minimum Gasteiger partial charge on any atom is -0.456 e. The molecule has 1 aliphatic carbocycles. The average molecular weight is 304 g/mol. The monoisotopic (exact) mass is 304 g/mol. The molecule has 3 rings (SSSR count). The van der Waals surface area contributed by atoms with Crippen molar-refractivity contribution in [3.05, 3.63) is 35.6 Å². The van der Waals surface area contributed by atoms with Crippen LogP contribution in [0.5, 0.6) is 0 Å². The van der Waals surface area contributed by atoms with Gasteiger partial charge in [-0.2, -0.15) is 0 Å². The Kier molecular flexibility index (Phi) is 3.58. The smallest absolute Gasteiger partial charge is 0.320 e. The number of carbonyl (C=O) groups excluding carboxylic acids is 2. The van der Waals surface area contributed by atoms with Crippen LogP contribution < -0.4 is 0 Å². The van der Waals surface area contributed by atoms with Gasteiger partial charge in [0.25, 0.3) is 0 Å². The summed E-state index contributed by atoms with van der Waals surface area (Å²) in [7, 11) is 0. The minimum atomic E-state index is -1.01. The molecule has 0 amide bonds. The van der Waals surface area contributed by atoms with E-state index in [9.17, 15) is 14.0 Å². The van der Waals surface area contributed by atoms with Crippen LogP contribution in [-0.2, 0) is 14.3 Å². The van der Waals surface area contributed by atoms with Gasteiger partial charge in [0.05, 0.1) is 5.41 Å². The van der Waals surface area contributed by atoms with Crippen LogP contribution in [0.3, 0.4) is 0 Å². The van der Waals surface area contributed by atoms with Gasteiger partial charge in [-0.25, -0.2) is 4.39 Å². The number of ether oxygens (including phenoxy) is 1. The zero-order valence-electron chi connectivity index (χ0n) is 13.0. The number of esters is 1. The number of cyclic esters (lactones) is 1. The summed E-state index contributed by atoms with van der Waals surface area (Å²) in [6, 6.07) is 6.19. The molecule has 1 aromatic rings. The quantitative estimate of drug-likeness (QED) is 0.582. The molecule has 0 radical (unpaired) electrons. The zero-order chi connectivity index (χ0) is 16.0. The number of benzene rings is 1. The molecule has 2 fully saturated rings. The summed E-state index contributed by atoms with van der Waals surface area (Å²) in [6.45, 7) is 3.52. The Hall–Kier alpha value is -1.71.